The van der Waals surface area contributed by atoms with Crippen LogP contribution in [0, 0.1) is 17.7 Å². The van der Waals surface area contributed by atoms with E-state index in [4.69, 9.17) is 9.47 Å². The lowest BCUT2D eigenvalue weighted by atomic mass is 10.1. The largest absolute Gasteiger partial charge is 0.463 e. The molecule has 1 aliphatic heterocycles. The summed E-state index contributed by atoms with van der Waals surface area (Å²) in [6.45, 7) is 8.22. The molecule has 1 aromatic rings. The summed E-state index contributed by atoms with van der Waals surface area (Å²) in [5, 5.41) is 0. The van der Waals surface area contributed by atoms with Gasteiger partial charge in [0, 0.05) is 19.6 Å². The number of rotatable bonds is 6. The van der Waals surface area contributed by atoms with Crippen LogP contribution >= 0.6 is 0 Å². The first-order valence-corrected chi connectivity index (χ1v) is 8.79. The second-order valence-corrected chi connectivity index (χ2v) is 7.28. The Morgan fingerprint density at radius 2 is 2.12 bits per heavy atom. The zero-order valence-corrected chi connectivity index (χ0v) is 14.4. The summed E-state index contributed by atoms with van der Waals surface area (Å²) in [5.74, 6) is 0.288. The molecule has 3 atom stereocenters. The van der Waals surface area contributed by atoms with E-state index in [1.807, 2.05) is 0 Å². The van der Waals surface area contributed by atoms with E-state index in [2.05, 4.69) is 18.7 Å². The first-order valence-electron chi connectivity index (χ1n) is 8.79. The van der Waals surface area contributed by atoms with Gasteiger partial charge >= 0.3 is 5.97 Å². The molecule has 2 fully saturated rings. The number of morpholine rings is 1. The normalized spacial score (nSPS) is 27.2. The molecule has 0 radical (unpaired) electrons. The Bertz CT molecular complexity index is 560. The SMILES string of the molecule is CC(C)CN1CCOC(COC(=O)C2CC2c2ccc(F)cc2)C1. The van der Waals surface area contributed by atoms with Gasteiger partial charge in [-0.05, 0) is 36.0 Å². The summed E-state index contributed by atoms with van der Waals surface area (Å²) in [6.07, 6.45) is 0.750. The van der Waals surface area contributed by atoms with E-state index in [9.17, 15) is 9.18 Å². The summed E-state index contributed by atoms with van der Waals surface area (Å²) in [5.41, 5.74) is 1.01. The average Bonchev–Trinajstić information content (AvgIpc) is 3.34. The number of nitrogens with zero attached hydrogens (tertiary/aromatic N) is 1. The van der Waals surface area contributed by atoms with Gasteiger partial charge in [0.15, 0.2) is 0 Å². The number of carbonyl (C=O) groups excluding carboxylic acids is 1. The van der Waals surface area contributed by atoms with Crippen LogP contribution in [0.4, 0.5) is 4.39 Å². The molecule has 1 aromatic carbocycles. The van der Waals surface area contributed by atoms with E-state index >= 15 is 0 Å². The summed E-state index contributed by atoms with van der Waals surface area (Å²) in [7, 11) is 0. The fourth-order valence-corrected chi connectivity index (χ4v) is 3.38. The Balaban J connectivity index is 1.42. The van der Waals surface area contributed by atoms with Gasteiger partial charge in [0.05, 0.1) is 12.5 Å². The molecule has 5 heteroatoms. The molecule has 4 nitrogen and oxygen atoms in total. The molecule has 0 spiro atoms. The van der Waals surface area contributed by atoms with Crippen LogP contribution in [0.2, 0.25) is 0 Å². The Hall–Kier alpha value is -1.46. The maximum Gasteiger partial charge on any atom is 0.309 e. The summed E-state index contributed by atoms with van der Waals surface area (Å²) in [4.78, 5) is 14.6. The predicted octanol–water partition coefficient (Wildman–Crippen LogP) is 2.83. The second kappa shape index (κ2) is 7.62. The molecule has 0 amide bonds. The van der Waals surface area contributed by atoms with Gasteiger partial charge in [-0.3, -0.25) is 9.69 Å². The smallest absolute Gasteiger partial charge is 0.309 e. The van der Waals surface area contributed by atoms with Crippen molar-refractivity contribution >= 4 is 5.97 Å². The summed E-state index contributed by atoms with van der Waals surface area (Å²) >= 11 is 0. The van der Waals surface area contributed by atoms with Crippen molar-refractivity contribution in [3.8, 4) is 0 Å². The quantitative estimate of drug-likeness (QED) is 0.750. The Kier molecular flexibility index (Phi) is 5.51. The fourth-order valence-electron chi connectivity index (χ4n) is 3.38. The Labute approximate surface area is 142 Å². The predicted molar refractivity (Wildman–Crippen MR) is 89.2 cm³/mol. The molecule has 0 N–H and O–H groups in total. The van der Waals surface area contributed by atoms with Crippen LogP contribution in [-0.4, -0.2) is 49.8 Å². The minimum Gasteiger partial charge on any atom is -0.463 e. The number of esters is 1. The first-order chi connectivity index (χ1) is 11.5. The van der Waals surface area contributed by atoms with Gasteiger partial charge in [-0.15, -0.1) is 0 Å². The van der Waals surface area contributed by atoms with E-state index in [0.717, 1.165) is 31.6 Å². The molecule has 1 saturated carbocycles. The van der Waals surface area contributed by atoms with Crippen LogP contribution in [0.3, 0.4) is 0 Å². The van der Waals surface area contributed by atoms with Gasteiger partial charge in [-0.25, -0.2) is 4.39 Å². The molecule has 0 aromatic heterocycles. The lowest BCUT2D eigenvalue weighted by molar-refractivity contribution is -0.152. The number of hydrogen-bond donors (Lipinski definition) is 0. The first kappa shape index (κ1) is 17.4. The molecular weight excluding hydrogens is 309 g/mol. The Morgan fingerprint density at radius 3 is 2.83 bits per heavy atom. The maximum atomic E-state index is 13.0. The molecule has 132 valence electrons. The van der Waals surface area contributed by atoms with Gasteiger partial charge in [-0.1, -0.05) is 26.0 Å². The van der Waals surface area contributed by atoms with E-state index in [1.54, 1.807) is 12.1 Å². The maximum absolute atomic E-state index is 13.0. The van der Waals surface area contributed by atoms with E-state index in [1.165, 1.54) is 12.1 Å². The number of benzene rings is 1. The monoisotopic (exact) mass is 335 g/mol. The lowest BCUT2D eigenvalue weighted by Gasteiger charge is -2.33. The number of hydrogen-bond acceptors (Lipinski definition) is 4. The van der Waals surface area contributed by atoms with Crippen molar-refractivity contribution in [1.29, 1.82) is 0 Å². The zero-order valence-electron chi connectivity index (χ0n) is 14.4. The molecule has 1 saturated heterocycles. The molecule has 1 heterocycles. The third-order valence-electron chi connectivity index (χ3n) is 4.65. The zero-order chi connectivity index (χ0) is 17.1. The van der Waals surface area contributed by atoms with Crippen LogP contribution in [-0.2, 0) is 14.3 Å². The van der Waals surface area contributed by atoms with Crippen molar-refractivity contribution in [2.75, 3.05) is 32.8 Å². The molecule has 24 heavy (non-hydrogen) atoms. The topological polar surface area (TPSA) is 38.8 Å². The van der Waals surface area contributed by atoms with Crippen LogP contribution in [0.15, 0.2) is 24.3 Å². The number of carbonyl (C=O) groups is 1. The molecule has 3 unspecified atom stereocenters. The molecule has 0 bridgehead atoms. The highest BCUT2D eigenvalue weighted by atomic mass is 19.1. The van der Waals surface area contributed by atoms with Gasteiger partial charge in [0.2, 0.25) is 0 Å². The minimum absolute atomic E-state index is 0.0375. The number of ether oxygens (including phenoxy) is 2. The summed E-state index contributed by atoms with van der Waals surface area (Å²) in [6, 6.07) is 6.38. The molecule has 2 aliphatic rings. The molecule has 1 aliphatic carbocycles. The van der Waals surface area contributed by atoms with Crippen molar-refractivity contribution in [1.82, 2.24) is 4.90 Å². The van der Waals surface area contributed by atoms with Crippen molar-refractivity contribution < 1.29 is 18.7 Å². The molecule has 3 rings (SSSR count). The average molecular weight is 335 g/mol. The van der Waals surface area contributed by atoms with Crippen molar-refractivity contribution in [2.45, 2.75) is 32.3 Å². The third kappa shape index (κ3) is 4.54. The van der Waals surface area contributed by atoms with Crippen LogP contribution < -0.4 is 0 Å². The highest BCUT2D eigenvalue weighted by molar-refractivity contribution is 5.77. The fraction of sp³-hybridized carbons (Fsp3) is 0.632. The van der Waals surface area contributed by atoms with Gasteiger partial charge in [-0.2, -0.15) is 0 Å². The molecular formula is C19H26FNO3. The van der Waals surface area contributed by atoms with Crippen LogP contribution in [0.1, 0.15) is 31.7 Å². The van der Waals surface area contributed by atoms with Gasteiger partial charge in [0.25, 0.3) is 0 Å². The van der Waals surface area contributed by atoms with E-state index < -0.39 is 0 Å². The van der Waals surface area contributed by atoms with E-state index in [-0.39, 0.29) is 29.7 Å². The van der Waals surface area contributed by atoms with Crippen LogP contribution in [0.5, 0.6) is 0 Å². The second-order valence-electron chi connectivity index (χ2n) is 7.28. The van der Waals surface area contributed by atoms with E-state index in [0.29, 0.717) is 19.1 Å². The minimum atomic E-state index is -0.251. The third-order valence-corrected chi connectivity index (χ3v) is 4.65. The van der Waals surface area contributed by atoms with Crippen molar-refractivity contribution in [3.63, 3.8) is 0 Å². The Morgan fingerprint density at radius 1 is 1.38 bits per heavy atom. The van der Waals surface area contributed by atoms with Crippen LogP contribution in [0.25, 0.3) is 0 Å². The van der Waals surface area contributed by atoms with Gasteiger partial charge < -0.3 is 9.47 Å². The standard InChI is InChI=1S/C19H26FNO3/c1-13(2)10-21-7-8-23-16(11-21)12-24-19(22)18-9-17(18)14-3-5-15(20)6-4-14/h3-6,13,16-18H,7-12H2,1-2H3. The van der Waals surface area contributed by atoms with Crippen molar-refractivity contribution in [3.05, 3.63) is 35.6 Å². The van der Waals surface area contributed by atoms with Crippen molar-refractivity contribution in [2.24, 2.45) is 11.8 Å². The lowest BCUT2D eigenvalue weighted by Crippen LogP contribution is -2.46. The summed E-state index contributed by atoms with van der Waals surface area (Å²) < 4.78 is 24.1. The highest BCUT2D eigenvalue weighted by Crippen LogP contribution is 2.48. The van der Waals surface area contributed by atoms with Gasteiger partial charge in [0.1, 0.15) is 18.5 Å². The highest BCUT2D eigenvalue weighted by Gasteiger charge is 2.45. The number of halogens is 1.